The van der Waals surface area contributed by atoms with Gasteiger partial charge in [-0.25, -0.2) is 9.50 Å². The van der Waals surface area contributed by atoms with Crippen LogP contribution in [0.25, 0.3) is 5.65 Å². The number of hydrogen-bond donors (Lipinski definition) is 2. The third kappa shape index (κ3) is 4.73. The Labute approximate surface area is 137 Å². The van der Waals surface area contributed by atoms with Gasteiger partial charge in [0.15, 0.2) is 5.65 Å². The van der Waals surface area contributed by atoms with Crippen molar-refractivity contribution >= 4 is 5.65 Å². The first-order valence-electron chi connectivity index (χ1n) is 8.19. The number of nitrogens with zero attached hydrogens (tertiary/aromatic N) is 3. The molecule has 2 unspecified atom stereocenters. The Hall–Kier alpha value is -1.50. The summed E-state index contributed by atoms with van der Waals surface area (Å²) in [6, 6.07) is 2.04. The highest BCUT2D eigenvalue weighted by atomic mass is 16.5. The fourth-order valence-corrected chi connectivity index (χ4v) is 2.52. The zero-order valence-electron chi connectivity index (χ0n) is 14.7. The summed E-state index contributed by atoms with van der Waals surface area (Å²) in [7, 11) is 0. The predicted octanol–water partition coefficient (Wildman–Crippen LogP) is 2.03. The summed E-state index contributed by atoms with van der Waals surface area (Å²) >= 11 is 0. The zero-order chi connectivity index (χ0) is 17.0. The predicted molar refractivity (Wildman–Crippen MR) is 90.5 cm³/mol. The Morgan fingerprint density at radius 3 is 2.70 bits per heavy atom. The molecule has 0 saturated carbocycles. The van der Waals surface area contributed by atoms with Crippen LogP contribution in [0.2, 0.25) is 0 Å². The molecule has 0 aliphatic heterocycles. The molecule has 2 aromatic rings. The van der Waals surface area contributed by atoms with E-state index in [9.17, 15) is 5.11 Å². The Morgan fingerprint density at radius 2 is 2.00 bits per heavy atom. The lowest BCUT2D eigenvalue weighted by molar-refractivity contribution is 0.0251. The third-order valence-electron chi connectivity index (χ3n) is 3.77. The molecule has 128 valence electrons. The van der Waals surface area contributed by atoms with E-state index in [4.69, 9.17) is 4.74 Å². The van der Waals surface area contributed by atoms with Crippen molar-refractivity contribution in [1.82, 2.24) is 19.9 Å². The quantitative estimate of drug-likeness (QED) is 0.779. The second-order valence-electron chi connectivity index (χ2n) is 6.57. The Morgan fingerprint density at radius 1 is 1.26 bits per heavy atom. The largest absolute Gasteiger partial charge is 0.389 e. The van der Waals surface area contributed by atoms with Crippen molar-refractivity contribution in [3.05, 3.63) is 29.2 Å². The monoisotopic (exact) mass is 320 g/mol. The van der Waals surface area contributed by atoms with Crippen LogP contribution in [-0.2, 0) is 4.74 Å². The van der Waals surface area contributed by atoms with Crippen LogP contribution in [-0.4, -0.2) is 45.6 Å². The summed E-state index contributed by atoms with van der Waals surface area (Å²) in [5, 5.41) is 17.8. The van der Waals surface area contributed by atoms with Crippen molar-refractivity contribution in [2.75, 3.05) is 19.8 Å². The van der Waals surface area contributed by atoms with Crippen LogP contribution in [0.4, 0.5) is 0 Å². The molecule has 0 aliphatic rings. The van der Waals surface area contributed by atoms with Gasteiger partial charge in [0.25, 0.3) is 0 Å². The van der Waals surface area contributed by atoms with Crippen molar-refractivity contribution in [2.24, 2.45) is 5.92 Å². The molecule has 2 atom stereocenters. The van der Waals surface area contributed by atoms with E-state index in [2.05, 4.69) is 36.2 Å². The minimum atomic E-state index is -0.514. The first kappa shape index (κ1) is 17.8. The number of fused-ring (bicyclic) bond motifs is 1. The SMILES string of the molecule is Cc1cc2ncc(C(C)NCC(O)COCC(C)C)c(C)n2n1. The maximum Gasteiger partial charge on any atom is 0.155 e. The van der Waals surface area contributed by atoms with Gasteiger partial charge in [-0.2, -0.15) is 5.10 Å². The van der Waals surface area contributed by atoms with Gasteiger partial charge in [-0.1, -0.05) is 13.8 Å². The highest BCUT2D eigenvalue weighted by Gasteiger charge is 2.14. The molecule has 2 N–H and O–H groups in total. The summed E-state index contributed by atoms with van der Waals surface area (Å²) < 4.78 is 7.33. The molecule has 2 heterocycles. The number of rotatable bonds is 8. The zero-order valence-corrected chi connectivity index (χ0v) is 14.7. The van der Waals surface area contributed by atoms with Gasteiger partial charge < -0.3 is 15.2 Å². The van der Waals surface area contributed by atoms with E-state index in [1.165, 1.54) is 0 Å². The van der Waals surface area contributed by atoms with Crippen LogP contribution in [0.3, 0.4) is 0 Å². The maximum absolute atomic E-state index is 9.98. The lowest BCUT2D eigenvalue weighted by atomic mass is 10.1. The van der Waals surface area contributed by atoms with Crippen LogP contribution in [0.1, 0.15) is 43.8 Å². The molecule has 0 fully saturated rings. The normalized spacial score (nSPS) is 14.6. The summed E-state index contributed by atoms with van der Waals surface area (Å²) in [5.74, 6) is 0.479. The maximum atomic E-state index is 9.98. The Bertz CT molecular complexity index is 639. The van der Waals surface area contributed by atoms with Crippen LogP contribution in [0.15, 0.2) is 12.3 Å². The lowest BCUT2D eigenvalue weighted by Gasteiger charge is -2.19. The minimum Gasteiger partial charge on any atom is -0.389 e. The molecule has 0 saturated heterocycles. The average Bonchev–Trinajstić information content (AvgIpc) is 2.86. The van der Waals surface area contributed by atoms with Crippen molar-refractivity contribution in [3.8, 4) is 0 Å². The van der Waals surface area contributed by atoms with E-state index in [-0.39, 0.29) is 6.04 Å². The number of aliphatic hydroxyl groups excluding tert-OH is 1. The van der Waals surface area contributed by atoms with E-state index in [1.54, 1.807) is 0 Å². The van der Waals surface area contributed by atoms with Crippen LogP contribution < -0.4 is 5.32 Å². The number of aliphatic hydroxyl groups is 1. The number of ether oxygens (including phenoxy) is 1. The van der Waals surface area contributed by atoms with Crippen LogP contribution in [0, 0.1) is 19.8 Å². The molecule has 0 radical (unpaired) electrons. The topological polar surface area (TPSA) is 71.7 Å². The molecule has 0 spiro atoms. The Kier molecular flexibility index (Phi) is 6.10. The summed E-state index contributed by atoms with van der Waals surface area (Å²) in [5.41, 5.74) is 3.96. The smallest absolute Gasteiger partial charge is 0.155 e. The lowest BCUT2D eigenvalue weighted by Crippen LogP contribution is -2.33. The molecule has 6 nitrogen and oxygen atoms in total. The van der Waals surface area contributed by atoms with Gasteiger partial charge in [-0.3, -0.25) is 0 Å². The van der Waals surface area contributed by atoms with Gasteiger partial charge in [0, 0.05) is 42.7 Å². The molecular weight excluding hydrogens is 292 g/mol. The van der Waals surface area contributed by atoms with Gasteiger partial charge in [-0.15, -0.1) is 0 Å². The van der Waals surface area contributed by atoms with Crippen molar-refractivity contribution < 1.29 is 9.84 Å². The number of aromatic nitrogens is 3. The Balaban J connectivity index is 1.93. The van der Waals surface area contributed by atoms with Gasteiger partial charge in [0.05, 0.1) is 18.4 Å². The van der Waals surface area contributed by atoms with Crippen molar-refractivity contribution in [3.63, 3.8) is 0 Å². The van der Waals surface area contributed by atoms with Crippen LogP contribution >= 0.6 is 0 Å². The van der Waals surface area contributed by atoms with Gasteiger partial charge in [0.1, 0.15) is 0 Å². The standard InChI is InChI=1S/C17H28N4O2/c1-11(2)9-23-10-15(22)7-18-13(4)16-8-19-17-6-12(3)20-21(17)14(16)5/h6,8,11,13,15,18,22H,7,9-10H2,1-5H3. The molecule has 2 rings (SSSR count). The summed E-state index contributed by atoms with van der Waals surface area (Å²) in [6.07, 6.45) is 1.37. The number of aryl methyl sites for hydroxylation is 2. The van der Waals surface area contributed by atoms with Crippen molar-refractivity contribution in [1.29, 1.82) is 0 Å². The molecule has 0 aromatic carbocycles. The van der Waals surface area contributed by atoms with Gasteiger partial charge >= 0.3 is 0 Å². The van der Waals surface area contributed by atoms with E-state index >= 15 is 0 Å². The molecule has 0 aliphatic carbocycles. The van der Waals surface area contributed by atoms with E-state index < -0.39 is 6.10 Å². The second-order valence-corrected chi connectivity index (χ2v) is 6.57. The van der Waals surface area contributed by atoms with E-state index in [0.717, 1.165) is 22.6 Å². The molecule has 23 heavy (non-hydrogen) atoms. The molecule has 2 aromatic heterocycles. The summed E-state index contributed by atoms with van der Waals surface area (Å²) in [6.45, 7) is 11.8. The van der Waals surface area contributed by atoms with Gasteiger partial charge in [-0.05, 0) is 26.7 Å². The molecule has 6 heteroatoms. The van der Waals surface area contributed by atoms with E-state index in [1.807, 2.05) is 30.6 Å². The minimum absolute atomic E-state index is 0.0798. The molecule has 0 amide bonds. The highest BCUT2D eigenvalue weighted by molar-refractivity contribution is 5.42. The van der Waals surface area contributed by atoms with Crippen molar-refractivity contribution in [2.45, 2.75) is 46.8 Å². The van der Waals surface area contributed by atoms with Gasteiger partial charge in [0.2, 0.25) is 0 Å². The highest BCUT2D eigenvalue weighted by Crippen LogP contribution is 2.17. The first-order valence-corrected chi connectivity index (χ1v) is 8.19. The fraction of sp³-hybridized carbons (Fsp3) is 0.647. The van der Waals surface area contributed by atoms with E-state index in [0.29, 0.717) is 25.7 Å². The molecular formula is C17H28N4O2. The molecule has 0 bridgehead atoms. The van der Waals surface area contributed by atoms with Crippen LogP contribution in [0.5, 0.6) is 0 Å². The first-order chi connectivity index (χ1) is 10.9. The second kappa shape index (κ2) is 7.86. The number of nitrogens with one attached hydrogen (secondary N) is 1. The fourth-order valence-electron chi connectivity index (χ4n) is 2.52. The summed E-state index contributed by atoms with van der Waals surface area (Å²) in [4.78, 5) is 4.45. The average molecular weight is 320 g/mol. The number of hydrogen-bond acceptors (Lipinski definition) is 5. The third-order valence-corrected chi connectivity index (χ3v) is 3.77.